The first-order valence-corrected chi connectivity index (χ1v) is 13.1. The van der Waals surface area contributed by atoms with E-state index in [0.29, 0.717) is 53.0 Å². The van der Waals surface area contributed by atoms with E-state index in [9.17, 15) is 13.6 Å². The van der Waals surface area contributed by atoms with Gasteiger partial charge in [-0.25, -0.2) is 9.97 Å². The smallest absolute Gasteiger partial charge is 0.387 e. The number of likely N-dealkylation sites (tertiary alicyclic amines) is 1. The van der Waals surface area contributed by atoms with Crippen molar-refractivity contribution in [2.75, 3.05) is 20.1 Å². The van der Waals surface area contributed by atoms with Gasteiger partial charge in [-0.15, -0.1) is 0 Å². The number of alkyl halides is 2. The standard InChI is InChI=1S/C27H24ClF2N9O2/c1-38-12-16(35-26(40)20-8-15(28)6-7-31-20)9-17(13-38)39-22-10-19(24-33-14-34-37-24)32-11-21(22)36-25(39)18-4-2-3-5-23(18)41-27(29)30/h2-8,10-11,14,16-17,27H,9,12-13H2,1H3,(H,35,40)(H,33,34,37)/t16-,17+/m0/s1. The van der Waals surface area contributed by atoms with Crippen molar-refractivity contribution in [1.29, 1.82) is 0 Å². The number of amides is 1. The molecule has 6 rings (SSSR count). The fourth-order valence-corrected chi connectivity index (χ4v) is 5.39. The number of fused-ring (bicyclic) bond motifs is 1. The van der Waals surface area contributed by atoms with Gasteiger partial charge in [0.05, 0.1) is 23.3 Å². The van der Waals surface area contributed by atoms with Crippen LogP contribution in [0.15, 0.2) is 61.2 Å². The summed E-state index contributed by atoms with van der Waals surface area (Å²) in [6.45, 7) is -1.80. The summed E-state index contributed by atoms with van der Waals surface area (Å²) >= 11 is 6.06. The quantitative estimate of drug-likeness (QED) is 0.294. The molecule has 4 aromatic heterocycles. The maximum absolute atomic E-state index is 13.3. The number of rotatable bonds is 7. The van der Waals surface area contributed by atoms with Crippen molar-refractivity contribution in [2.45, 2.75) is 25.1 Å². The fraction of sp³-hybridized carbons (Fsp3) is 0.259. The highest BCUT2D eigenvalue weighted by atomic mass is 35.5. The van der Waals surface area contributed by atoms with Crippen LogP contribution in [0.5, 0.6) is 5.75 Å². The van der Waals surface area contributed by atoms with Crippen LogP contribution in [0.1, 0.15) is 23.0 Å². The van der Waals surface area contributed by atoms with E-state index < -0.39 is 6.61 Å². The van der Waals surface area contributed by atoms with Gasteiger partial charge in [-0.3, -0.25) is 19.9 Å². The second kappa shape index (κ2) is 11.2. The summed E-state index contributed by atoms with van der Waals surface area (Å²) in [5.41, 5.74) is 2.45. The van der Waals surface area contributed by atoms with E-state index in [-0.39, 0.29) is 29.4 Å². The molecule has 1 amide bonds. The van der Waals surface area contributed by atoms with Gasteiger partial charge >= 0.3 is 6.61 Å². The minimum atomic E-state index is -3.01. The Kier molecular flexibility index (Phi) is 7.28. The van der Waals surface area contributed by atoms with Gasteiger partial charge in [-0.05, 0) is 43.8 Å². The number of para-hydroxylation sites is 1. The molecule has 2 N–H and O–H groups in total. The van der Waals surface area contributed by atoms with Gasteiger partial charge in [-0.1, -0.05) is 23.7 Å². The zero-order chi connectivity index (χ0) is 28.5. The zero-order valence-corrected chi connectivity index (χ0v) is 22.5. The Bertz CT molecular complexity index is 1700. The van der Waals surface area contributed by atoms with Gasteiger partial charge in [0.15, 0.2) is 5.82 Å². The maximum Gasteiger partial charge on any atom is 0.387 e. The highest BCUT2D eigenvalue weighted by Gasteiger charge is 2.32. The Hall–Kier alpha value is -4.49. The van der Waals surface area contributed by atoms with Crippen LogP contribution in [0.3, 0.4) is 0 Å². The molecular weight excluding hydrogens is 556 g/mol. The molecule has 0 spiro atoms. The van der Waals surface area contributed by atoms with E-state index >= 15 is 0 Å². The number of nitrogens with zero attached hydrogens (tertiary/aromatic N) is 7. The van der Waals surface area contributed by atoms with Crippen LogP contribution in [0.4, 0.5) is 8.78 Å². The van der Waals surface area contributed by atoms with E-state index in [2.05, 4.69) is 35.4 Å². The summed E-state index contributed by atoms with van der Waals surface area (Å²) in [5.74, 6) is 0.579. The summed E-state index contributed by atoms with van der Waals surface area (Å²) in [7, 11) is 1.96. The summed E-state index contributed by atoms with van der Waals surface area (Å²) in [5, 5.41) is 10.2. The third kappa shape index (κ3) is 5.58. The van der Waals surface area contributed by atoms with Crippen LogP contribution in [0.2, 0.25) is 5.02 Å². The molecular formula is C27H24ClF2N9O2. The number of hydrogen-bond acceptors (Lipinski definition) is 8. The summed E-state index contributed by atoms with van der Waals surface area (Å²) in [4.78, 5) is 32.7. The van der Waals surface area contributed by atoms with E-state index in [1.807, 2.05) is 17.7 Å². The lowest BCUT2D eigenvalue weighted by molar-refractivity contribution is -0.0494. The molecule has 210 valence electrons. The van der Waals surface area contributed by atoms with Crippen LogP contribution in [0, 0.1) is 0 Å². The third-order valence-corrected chi connectivity index (χ3v) is 7.08. The molecule has 1 aromatic carbocycles. The van der Waals surface area contributed by atoms with E-state index in [1.54, 1.807) is 30.5 Å². The molecule has 0 unspecified atom stereocenters. The first-order chi connectivity index (χ1) is 19.9. The molecule has 0 radical (unpaired) electrons. The minimum Gasteiger partial charge on any atom is -0.434 e. The lowest BCUT2D eigenvalue weighted by atomic mass is 9.99. The van der Waals surface area contributed by atoms with Gasteiger partial charge in [0, 0.05) is 30.4 Å². The number of aromatic amines is 1. The molecule has 1 aliphatic rings. The number of ether oxygens (including phenoxy) is 1. The molecule has 0 bridgehead atoms. The van der Waals surface area contributed by atoms with Gasteiger partial charge in [0.2, 0.25) is 0 Å². The predicted molar refractivity (Wildman–Crippen MR) is 147 cm³/mol. The monoisotopic (exact) mass is 579 g/mol. The van der Waals surface area contributed by atoms with E-state index in [0.717, 1.165) is 5.52 Å². The molecule has 1 aliphatic heterocycles. The van der Waals surface area contributed by atoms with Crippen LogP contribution in [-0.4, -0.2) is 78.3 Å². The predicted octanol–water partition coefficient (Wildman–Crippen LogP) is 4.21. The number of pyridine rings is 2. The largest absolute Gasteiger partial charge is 0.434 e. The highest BCUT2D eigenvalue weighted by Crippen LogP contribution is 2.37. The zero-order valence-electron chi connectivity index (χ0n) is 21.7. The number of imidazole rings is 1. The molecule has 0 aliphatic carbocycles. The average molecular weight is 580 g/mol. The second-order valence-corrected chi connectivity index (χ2v) is 10.1. The van der Waals surface area contributed by atoms with Crippen molar-refractivity contribution in [3.8, 4) is 28.7 Å². The molecule has 1 saturated heterocycles. The maximum atomic E-state index is 13.3. The van der Waals surface area contributed by atoms with Gasteiger partial charge < -0.3 is 19.5 Å². The van der Waals surface area contributed by atoms with E-state index in [1.165, 1.54) is 24.7 Å². The topological polar surface area (TPSA) is 127 Å². The molecule has 41 heavy (non-hydrogen) atoms. The van der Waals surface area contributed by atoms with Gasteiger partial charge in [-0.2, -0.15) is 13.9 Å². The number of likely N-dealkylation sites (N-methyl/N-ethyl adjacent to an activating group) is 1. The fourth-order valence-electron chi connectivity index (χ4n) is 5.23. The number of aromatic nitrogens is 7. The highest BCUT2D eigenvalue weighted by molar-refractivity contribution is 6.30. The number of carbonyl (C=O) groups is 1. The Labute approximate surface area is 237 Å². The van der Waals surface area contributed by atoms with Crippen molar-refractivity contribution in [3.05, 3.63) is 71.9 Å². The molecule has 1 fully saturated rings. The first-order valence-electron chi connectivity index (χ1n) is 12.7. The molecule has 5 heterocycles. The minimum absolute atomic E-state index is 0.00326. The summed E-state index contributed by atoms with van der Waals surface area (Å²) in [6, 6.07) is 11.0. The molecule has 14 heteroatoms. The Morgan fingerprint density at radius 1 is 1.17 bits per heavy atom. The molecule has 0 saturated carbocycles. The Balaban J connectivity index is 1.43. The van der Waals surface area contributed by atoms with E-state index in [4.69, 9.17) is 21.3 Å². The number of benzene rings is 1. The number of nitrogens with one attached hydrogen (secondary N) is 2. The number of hydrogen-bond donors (Lipinski definition) is 2. The number of halogens is 3. The van der Waals surface area contributed by atoms with Crippen LogP contribution in [-0.2, 0) is 0 Å². The van der Waals surface area contributed by atoms with Crippen molar-refractivity contribution in [2.24, 2.45) is 0 Å². The van der Waals surface area contributed by atoms with Crippen LogP contribution in [0.25, 0.3) is 33.9 Å². The van der Waals surface area contributed by atoms with Crippen molar-refractivity contribution >= 4 is 28.5 Å². The van der Waals surface area contributed by atoms with Crippen molar-refractivity contribution in [1.82, 2.24) is 44.9 Å². The van der Waals surface area contributed by atoms with Gasteiger partial charge in [0.1, 0.15) is 34.8 Å². The normalized spacial score (nSPS) is 17.7. The average Bonchev–Trinajstić information content (AvgIpc) is 3.61. The summed E-state index contributed by atoms with van der Waals surface area (Å²) in [6.07, 6.45) is 5.02. The molecule has 2 atom stereocenters. The third-order valence-electron chi connectivity index (χ3n) is 6.84. The number of carbonyl (C=O) groups excluding carboxylic acids is 1. The summed E-state index contributed by atoms with van der Waals surface area (Å²) < 4.78 is 33.5. The Morgan fingerprint density at radius 3 is 2.80 bits per heavy atom. The second-order valence-electron chi connectivity index (χ2n) is 9.71. The first kappa shape index (κ1) is 26.7. The van der Waals surface area contributed by atoms with Crippen LogP contribution < -0.4 is 10.1 Å². The van der Waals surface area contributed by atoms with Crippen molar-refractivity contribution < 1.29 is 18.3 Å². The molecule has 5 aromatic rings. The molecule has 11 nitrogen and oxygen atoms in total. The van der Waals surface area contributed by atoms with Gasteiger partial charge in [0.25, 0.3) is 5.91 Å². The Morgan fingerprint density at radius 2 is 2.02 bits per heavy atom. The van der Waals surface area contributed by atoms with Crippen LogP contribution >= 0.6 is 11.6 Å². The number of piperidine rings is 1. The SMILES string of the molecule is CN1C[C@@H](NC(=O)c2cc(Cl)ccn2)C[C@@H](n2c(-c3ccccc3OC(F)F)nc3cnc(-c4ncn[nH]4)cc32)C1. The lowest BCUT2D eigenvalue weighted by Gasteiger charge is -2.37. The number of H-pyrrole nitrogens is 1. The lowest BCUT2D eigenvalue weighted by Crippen LogP contribution is -2.50. The van der Waals surface area contributed by atoms with Crippen molar-refractivity contribution in [3.63, 3.8) is 0 Å².